The monoisotopic (exact) mass is 220 g/mol. The summed E-state index contributed by atoms with van der Waals surface area (Å²) in [7, 11) is 1.31. The lowest BCUT2D eigenvalue weighted by Crippen LogP contribution is -2.36. The van der Waals surface area contributed by atoms with Crippen LogP contribution in [0.4, 0.5) is 0 Å². The highest BCUT2D eigenvalue weighted by Crippen LogP contribution is 2.09. The second-order valence-corrected chi connectivity index (χ2v) is 3.39. The predicted octanol–water partition coefficient (Wildman–Crippen LogP) is -0.0684. The van der Waals surface area contributed by atoms with Gasteiger partial charge >= 0.3 is 5.97 Å². The van der Waals surface area contributed by atoms with E-state index in [1.807, 2.05) is 24.3 Å². The lowest BCUT2D eigenvalue weighted by Gasteiger charge is -2.08. The molecule has 0 radical (unpaired) electrons. The van der Waals surface area contributed by atoms with Gasteiger partial charge < -0.3 is 10.5 Å². The summed E-state index contributed by atoms with van der Waals surface area (Å²) in [5.41, 5.74) is 7.27. The molecule has 0 saturated heterocycles. The fourth-order valence-corrected chi connectivity index (χ4v) is 1.46. The van der Waals surface area contributed by atoms with Crippen molar-refractivity contribution < 1.29 is 9.53 Å². The van der Waals surface area contributed by atoms with Gasteiger partial charge in [-0.3, -0.25) is 4.79 Å². The number of esters is 1. The molecule has 2 aromatic rings. The van der Waals surface area contributed by atoms with Crippen molar-refractivity contribution in [2.75, 3.05) is 7.11 Å². The van der Waals surface area contributed by atoms with E-state index in [0.717, 1.165) is 11.0 Å². The molecule has 84 valence electrons. The fourth-order valence-electron chi connectivity index (χ4n) is 1.46. The van der Waals surface area contributed by atoms with Crippen molar-refractivity contribution in [1.82, 2.24) is 15.0 Å². The molecule has 0 spiro atoms. The number of para-hydroxylation sites is 1. The molecule has 6 heteroatoms. The van der Waals surface area contributed by atoms with Crippen molar-refractivity contribution in [3.8, 4) is 0 Å². The van der Waals surface area contributed by atoms with Crippen molar-refractivity contribution in [3.63, 3.8) is 0 Å². The van der Waals surface area contributed by atoms with E-state index in [1.54, 1.807) is 4.68 Å². The number of fused-ring (bicyclic) bond motifs is 1. The second kappa shape index (κ2) is 4.28. The van der Waals surface area contributed by atoms with Crippen LogP contribution in [0.5, 0.6) is 0 Å². The first-order valence-electron chi connectivity index (χ1n) is 4.84. The summed E-state index contributed by atoms with van der Waals surface area (Å²) in [5, 5.41) is 7.89. The molecule has 0 bridgehead atoms. The average molecular weight is 220 g/mol. The zero-order chi connectivity index (χ0) is 11.5. The standard InChI is InChI=1S/C10H12N4O2/c1-16-10(15)7(11)6-14-9-5-3-2-4-8(9)12-13-14/h2-5,7H,6,11H2,1H3/t7-/m0/s1. The SMILES string of the molecule is COC(=O)[C@@H](N)Cn1nnc2ccccc21. The number of hydrogen-bond acceptors (Lipinski definition) is 5. The van der Waals surface area contributed by atoms with Gasteiger partial charge in [-0.1, -0.05) is 17.3 Å². The zero-order valence-electron chi connectivity index (χ0n) is 8.83. The molecule has 1 aromatic carbocycles. The van der Waals surface area contributed by atoms with Gasteiger partial charge in [0.2, 0.25) is 0 Å². The van der Waals surface area contributed by atoms with E-state index in [4.69, 9.17) is 5.73 Å². The van der Waals surface area contributed by atoms with E-state index in [2.05, 4.69) is 15.0 Å². The first-order valence-corrected chi connectivity index (χ1v) is 4.84. The number of carbonyl (C=O) groups is 1. The topological polar surface area (TPSA) is 83.0 Å². The van der Waals surface area contributed by atoms with Gasteiger partial charge in [0, 0.05) is 0 Å². The van der Waals surface area contributed by atoms with Crippen LogP contribution < -0.4 is 5.73 Å². The Bertz CT molecular complexity index is 508. The van der Waals surface area contributed by atoms with Crippen molar-refractivity contribution in [2.24, 2.45) is 5.73 Å². The van der Waals surface area contributed by atoms with Crippen molar-refractivity contribution >= 4 is 17.0 Å². The number of nitrogens with two attached hydrogens (primary N) is 1. The van der Waals surface area contributed by atoms with Crippen molar-refractivity contribution in [1.29, 1.82) is 0 Å². The maximum Gasteiger partial charge on any atom is 0.324 e. The molecule has 0 fully saturated rings. The molecule has 1 heterocycles. The minimum Gasteiger partial charge on any atom is -0.468 e. The molecule has 0 aliphatic rings. The van der Waals surface area contributed by atoms with Gasteiger partial charge in [-0.2, -0.15) is 0 Å². The number of nitrogens with zero attached hydrogens (tertiary/aromatic N) is 3. The molecule has 16 heavy (non-hydrogen) atoms. The third-order valence-corrected chi connectivity index (χ3v) is 2.29. The minimum atomic E-state index is -0.727. The van der Waals surface area contributed by atoms with Crippen LogP contribution in [0.1, 0.15) is 0 Å². The molecule has 0 saturated carbocycles. The maximum atomic E-state index is 11.2. The summed E-state index contributed by atoms with van der Waals surface area (Å²) in [6, 6.07) is 6.75. The highest BCUT2D eigenvalue weighted by molar-refractivity contribution is 5.76. The van der Waals surface area contributed by atoms with E-state index in [9.17, 15) is 4.79 Å². The molecule has 2 N–H and O–H groups in total. The molecule has 0 aliphatic carbocycles. The highest BCUT2D eigenvalue weighted by atomic mass is 16.5. The Hall–Kier alpha value is -1.95. The van der Waals surface area contributed by atoms with Gasteiger partial charge in [-0.25, -0.2) is 4.68 Å². The third kappa shape index (κ3) is 1.87. The van der Waals surface area contributed by atoms with E-state index in [-0.39, 0.29) is 6.54 Å². The van der Waals surface area contributed by atoms with Gasteiger partial charge in [-0.05, 0) is 12.1 Å². The first kappa shape index (κ1) is 10.6. The molecule has 1 aromatic heterocycles. The molecule has 1 atom stereocenters. The largest absolute Gasteiger partial charge is 0.468 e. The fraction of sp³-hybridized carbons (Fsp3) is 0.300. The second-order valence-electron chi connectivity index (χ2n) is 3.39. The molecule has 0 aliphatic heterocycles. The highest BCUT2D eigenvalue weighted by Gasteiger charge is 2.16. The Balaban J connectivity index is 2.24. The van der Waals surface area contributed by atoms with Crippen LogP contribution in [-0.4, -0.2) is 34.1 Å². The number of ether oxygens (including phenoxy) is 1. The van der Waals surface area contributed by atoms with Gasteiger partial charge in [0.25, 0.3) is 0 Å². The average Bonchev–Trinajstić information content (AvgIpc) is 2.72. The van der Waals surface area contributed by atoms with E-state index >= 15 is 0 Å². The number of rotatable bonds is 3. The summed E-state index contributed by atoms with van der Waals surface area (Å²) in [4.78, 5) is 11.2. The predicted molar refractivity (Wildman–Crippen MR) is 57.5 cm³/mol. The van der Waals surface area contributed by atoms with E-state index in [0.29, 0.717) is 0 Å². The number of hydrogen-bond donors (Lipinski definition) is 1. The molecule has 2 rings (SSSR count). The molecule has 6 nitrogen and oxygen atoms in total. The quantitative estimate of drug-likeness (QED) is 0.732. The number of carbonyl (C=O) groups excluding carboxylic acids is 1. The maximum absolute atomic E-state index is 11.2. The Morgan fingerprint density at radius 2 is 2.31 bits per heavy atom. The van der Waals surface area contributed by atoms with Crippen molar-refractivity contribution in [2.45, 2.75) is 12.6 Å². The Morgan fingerprint density at radius 3 is 3.06 bits per heavy atom. The van der Waals surface area contributed by atoms with Gasteiger partial charge in [-0.15, -0.1) is 5.10 Å². The van der Waals surface area contributed by atoms with Crippen LogP contribution in [-0.2, 0) is 16.1 Å². The van der Waals surface area contributed by atoms with Crippen molar-refractivity contribution in [3.05, 3.63) is 24.3 Å². The molecular formula is C10H12N4O2. The summed E-state index contributed by atoms with van der Waals surface area (Å²) < 4.78 is 6.14. The Morgan fingerprint density at radius 1 is 1.56 bits per heavy atom. The summed E-state index contributed by atoms with van der Waals surface area (Å²) in [6.45, 7) is 0.257. The van der Waals surface area contributed by atoms with Crippen LogP contribution in [0.25, 0.3) is 11.0 Å². The Labute approximate surface area is 92.0 Å². The van der Waals surface area contributed by atoms with Crippen LogP contribution >= 0.6 is 0 Å². The molecule has 0 unspecified atom stereocenters. The number of methoxy groups -OCH3 is 1. The lowest BCUT2D eigenvalue weighted by molar-refractivity contribution is -0.142. The van der Waals surface area contributed by atoms with Crippen LogP contribution in [0, 0.1) is 0 Å². The summed E-state index contributed by atoms with van der Waals surface area (Å²) in [5.74, 6) is -0.459. The van der Waals surface area contributed by atoms with Gasteiger partial charge in [0.1, 0.15) is 11.6 Å². The van der Waals surface area contributed by atoms with Crippen LogP contribution in [0.2, 0.25) is 0 Å². The number of benzene rings is 1. The zero-order valence-corrected chi connectivity index (χ0v) is 8.83. The Kier molecular flexibility index (Phi) is 2.82. The van der Waals surface area contributed by atoms with Gasteiger partial charge in [0.05, 0.1) is 19.2 Å². The molecule has 0 amide bonds. The van der Waals surface area contributed by atoms with E-state index in [1.165, 1.54) is 7.11 Å². The first-order chi connectivity index (χ1) is 7.72. The summed E-state index contributed by atoms with van der Waals surface area (Å²) >= 11 is 0. The van der Waals surface area contributed by atoms with Crippen LogP contribution in [0.3, 0.4) is 0 Å². The minimum absolute atomic E-state index is 0.257. The summed E-state index contributed by atoms with van der Waals surface area (Å²) in [6.07, 6.45) is 0. The normalized spacial score (nSPS) is 12.6. The number of aromatic nitrogens is 3. The van der Waals surface area contributed by atoms with Crippen LogP contribution in [0.15, 0.2) is 24.3 Å². The van der Waals surface area contributed by atoms with Gasteiger partial charge in [0.15, 0.2) is 0 Å². The molecular weight excluding hydrogens is 208 g/mol. The third-order valence-electron chi connectivity index (χ3n) is 2.29. The van der Waals surface area contributed by atoms with E-state index < -0.39 is 12.0 Å². The smallest absolute Gasteiger partial charge is 0.324 e. The lowest BCUT2D eigenvalue weighted by atomic mass is 10.3.